The van der Waals surface area contributed by atoms with Crippen molar-refractivity contribution in [2.45, 2.75) is 49.8 Å². The number of anilines is 1. The first-order valence-electron chi connectivity index (χ1n) is 10.1. The first-order chi connectivity index (χ1) is 14.0. The maximum absolute atomic E-state index is 12.6. The number of hydrogen-bond donors (Lipinski definition) is 2. The van der Waals surface area contributed by atoms with E-state index in [9.17, 15) is 13.2 Å². The van der Waals surface area contributed by atoms with E-state index >= 15 is 0 Å². The van der Waals surface area contributed by atoms with Crippen LogP contribution in [0.15, 0.2) is 46.3 Å². The minimum Gasteiger partial charge on any atom is -0.325 e. The minimum absolute atomic E-state index is 0.0623. The van der Waals surface area contributed by atoms with E-state index in [4.69, 9.17) is 0 Å². The maximum atomic E-state index is 12.6. The zero-order valence-electron chi connectivity index (χ0n) is 16.4. The molecule has 1 atom stereocenters. The summed E-state index contributed by atoms with van der Waals surface area (Å²) in [5.74, 6) is -0.476. The van der Waals surface area contributed by atoms with Crippen LogP contribution in [0.3, 0.4) is 0 Å². The van der Waals surface area contributed by atoms with Gasteiger partial charge in [0.1, 0.15) is 5.92 Å². The number of carbonyl (C=O) groups excluding carboxylic acids is 1. The lowest BCUT2D eigenvalue weighted by atomic mass is 9.90. The van der Waals surface area contributed by atoms with Crippen molar-refractivity contribution in [3.8, 4) is 0 Å². The lowest BCUT2D eigenvalue weighted by molar-refractivity contribution is -0.115. The summed E-state index contributed by atoms with van der Waals surface area (Å²) in [5, 5.41) is 2.98. The summed E-state index contributed by atoms with van der Waals surface area (Å²) in [6.07, 6.45) is 7.28. The molecule has 0 aromatic heterocycles. The van der Waals surface area contributed by atoms with Crippen molar-refractivity contribution < 1.29 is 13.2 Å². The van der Waals surface area contributed by atoms with Crippen molar-refractivity contribution in [2.75, 3.05) is 11.9 Å². The van der Waals surface area contributed by atoms with E-state index in [0.717, 1.165) is 30.5 Å². The Morgan fingerprint density at radius 2 is 1.86 bits per heavy atom. The molecule has 0 spiro atoms. The number of amides is 1. The largest absolute Gasteiger partial charge is 0.325 e. The molecular weight excluding hydrogens is 386 g/mol. The molecule has 2 aromatic rings. The summed E-state index contributed by atoms with van der Waals surface area (Å²) >= 11 is 0. The molecule has 0 saturated carbocycles. The van der Waals surface area contributed by atoms with Crippen LogP contribution in [-0.2, 0) is 27.7 Å². The summed E-state index contributed by atoms with van der Waals surface area (Å²) in [6.45, 7) is 2.07. The van der Waals surface area contributed by atoms with Gasteiger partial charge in [0, 0.05) is 18.4 Å². The van der Waals surface area contributed by atoms with E-state index in [1.165, 1.54) is 36.1 Å². The Bertz CT molecular complexity index is 1060. The first kappa shape index (κ1) is 19.8. The third-order valence-corrected chi connectivity index (χ3v) is 7.09. The molecule has 0 bridgehead atoms. The van der Waals surface area contributed by atoms with Crippen LogP contribution in [0.2, 0.25) is 0 Å². The van der Waals surface area contributed by atoms with Crippen LogP contribution in [0.4, 0.5) is 11.4 Å². The van der Waals surface area contributed by atoms with Gasteiger partial charge in [0.05, 0.1) is 10.6 Å². The monoisotopic (exact) mass is 411 g/mol. The summed E-state index contributed by atoms with van der Waals surface area (Å²) in [5.41, 5.74) is 5.20. The van der Waals surface area contributed by atoms with Crippen LogP contribution in [-0.4, -0.2) is 27.1 Å². The topological polar surface area (TPSA) is 87.6 Å². The zero-order chi connectivity index (χ0) is 20.4. The van der Waals surface area contributed by atoms with E-state index in [-0.39, 0.29) is 10.8 Å². The Balaban J connectivity index is 1.61. The van der Waals surface area contributed by atoms with E-state index in [1.807, 2.05) is 6.07 Å². The van der Waals surface area contributed by atoms with Crippen molar-refractivity contribution in [2.24, 2.45) is 4.99 Å². The van der Waals surface area contributed by atoms with Gasteiger partial charge >= 0.3 is 0 Å². The molecule has 0 fully saturated rings. The van der Waals surface area contributed by atoms with Crippen molar-refractivity contribution in [1.29, 1.82) is 0 Å². The van der Waals surface area contributed by atoms with Crippen LogP contribution in [0.25, 0.3) is 0 Å². The Kier molecular flexibility index (Phi) is 5.52. The van der Waals surface area contributed by atoms with Crippen molar-refractivity contribution in [1.82, 2.24) is 4.72 Å². The number of sulfonamides is 1. The van der Waals surface area contributed by atoms with Gasteiger partial charge in [-0.2, -0.15) is 0 Å². The number of nitrogens with one attached hydrogen (secondary N) is 2. The minimum atomic E-state index is -3.49. The van der Waals surface area contributed by atoms with Gasteiger partial charge in [-0.15, -0.1) is 0 Å². The summed E-state index contributed by atoms with van der Waals surface area (Å²) in [4.78, 5) is 17.3. The number of benzene rings is 2. The molecule has 7 heteroatoms. The quantitative estimate of drug-likeness (QED) is 0.581. The second-order valence-corrected chi connectivity index (χ2v) is 9.23. The Labute approximate surface area is 171 Å². The average Bonchev–Trinajstić information content (AvgIpc) is 2.87. The van der Waals surface area contributed by atoms with E-state index in [0.29, 0.717) is 12.2 Å². The SMILES string of the molecule is CCNS(=O)(=O)c1ccc(N=CC2C(=O)Nc3ccc4c(c32)CCCCC4)cc1. The third kappa shape index (κ3) is 3.97. The number of carbonyl (C=O) groups is 1. The summed E-state index contributed by atoms with van der Waals surface area (Å²) in [7, 11) is -3.49. The third-order valence-electron chi connectivity index (χ3n) is 5.53. The Hall–Kier alpha value is -2.51. The van der Waals surface area contributed by atoms with Gasteiger partial charge in [-0.1, -0.05) is 19.4 Å². The molecule has 1 heterocycles. The molecule has 1 aliphatic carbocycles. The Morgan fingerprint density at radius 3 is 2.62 bits per heavy atom. The van der Waals surface area contributed by atoms with Crippen LogP contribution >= 0.6 is 0 Å². The molecule has 1 unspecified atom stereocenters. The van der Waals surface area contributed by atoms with Gasteiger partial charge in [0.15, 0.2) is 0 Å². The van der Waals surface area contributed by atoms with Gasteiger partial charge in [-0.3, -0.25) is 9.79 Å². The van der Waals surface area contributed by atoms with Crippen molar-refractivity contribution >= 4 is 33.5 Å². The highest BCUT2D eigenvalue weighted by Gasteiger charge is 2.32. The highest BCUT2D eigenvalue weighted by molar-refractivity contribution is 7.89. The predicted octanol–water partition coefficient (Wildman–Crippen LogP) is 3.69. The van der Waals surface area contributed by atoms with Gasteiger partial charge in [-0.25, -0.2) is 13.1 Å². The van der Waals surface area contributed by atoms with Crippen LogP contribution in [0, 0.1) is 0 Å². The second-order valence-electron chi connectivity index (χ2n) is 7.47. The number of nitrogens with zero attached hydrogens (tertiary/aromatic N) is 1. The molecule has 0 saturated heterocycles. The lowest BCUT2D eigenvalue weighted by Crippen LogP contribution is -2.22. The standard InChI is InChI=1S/C22H25N3O3S/c1-2-24-29(27,28)17-11-9-16(10-12-17)23-14-19-21-18-7-5-3-4-6-15(18)8-13-20(21)25-22(19)26/h8-14,19,24H,2-7H2,1H3,(H,25,26). The van der Waals surface area contributed by atoms with Crippen molar-refractivity contribution in [3.05, 3.63) is 53.1 Å². The number of rotatable bonds is 5. The van der Waals surface area contributed by atoms with E-state index in [1.54, 1.807) is 25.3 Å². The fourth-order valence-corrected chi connectivity index (χ4v) is 5.17. The van der Waals surface area contributed by atoms with Crippen molar-refractivity contribution in [3.63, 3.8) is 0 Å². The molecule has 2 aromatic carbocycles. The van der Waals surface area contributed by atoms with Crippen LogP contribution in [0.5, 0.6) is 0 Å². The summed E-state index contributed by atoms with van der Waals surface area (Å²) < 4.78 is 26.6. The maximum Gasteiger partial charge on any atom is 0.240 e. The predicted molar refractivity (Wildman–Crippen MR) is 115 cm³/mol. The molecule has 1 aliphatic heterocycles. The normalized spacial score (nSPS) is 18.9. The second kappa shape index (κ2) is 8.08. The molecule has 2 aliphatic rings. The molecule has 152 valence electrons. The molecule has 0 radical (unpaired) electrons. The van der Waals surface area contributed by atoms with Gasteiger partial charge < -0.3 is 5.32 Å². The smallest absolute Gasteiger partial charge is 0.240 e. The van der Waals surface area contributed by atoms with E-state index < -0.39 is 15.9 Å². The molecule has 6 nitrogen and oxygen atoms in total. The fourth-order valence-electron chi connectivity index (χ4n) is 4.13. The summed E-state index contributed by atoms with van der Waals surface area (Å²) in [6, 6.07) is 10.5. The highest BCUT2D eigenvalue weighted by atomic mass is 32.2. The molecular formula is C22H25N3O3S. The highest BCUT2D eigenvalue weighted by Crippen LogP contribution is 2.38. The number of hydrogen-bond acceptors (Lipinski definition) is 4. The van der Waals surface area contributed by atoms with Gasteiger partial charge in [-0.05, 0) is 72.7 Å². The van der Waals surface area contributed by atoms with Crippen LogP contribution in [0.1, 0.15) is 48.8 Å². The number of aryl methyl sites for hydroxylation is 1. The number of aliphatic imine (C=N–C) groups is 1. The zero-order valence-corrected chi connectivity index (χ0v) is 17.3. The Morgan fingerprint density at radius 1 is 1.10 bits per heavy atom. The fraction of sp³-hybridized carbons (Fsp3) is 0.364. The first-order valence-corrected chi connectivity index (χ1v) is 11.6. The molecule has 2 N–H and O–H groups in total. The molecule has 29 heavy (non-hydrogen) atoms. The van der Waals surface area contributed by atoms with E-state index in [2.05, 4.69) is 21.1 Å². The van der Waals surface area contributed by atoms with Gasteiger partial charge in [0.25, 0.3) is 0 Å². The lowest BCUT2D eigenvalue weighted by Gasteiger charge is -2.13. The number of fused-ring (bicyclic) bond motifs is 3. The van der Waals surface area contributed by atoms with Crippen LogP contribution < -0.4 is 10.0 Å². The average molecular weight is 412 g/mol. The van der Waals surface area contributed by atoms with Gasteiger partial charge in [0.2, 0.25) is 15.9 Å². The molecule has 4 rings (SSSR count). The molecule has 1 amide bonds.